The number of imidazole rings is 1. The van der Waals surface area contributed by atoms with Crippen LogP contribution in [-0.4, -0.2) is 29.3 Å². The molecule has 0 saturated heterocycles. The topological polar surface area (TPSA) is 61.4 Å². The van der Waals surface area contributed by atoms with Crippen molar-refractivity contribution in [2.45, 2.75) is 0 Å². The number of nitrogens with zero attached hydrogens (tertiary/aromatic N) is 6. The summed E-state index contributed by atoms with van der Waals surface area (Å²) < 4.78 is 3.67. The number of aryl methyl sites for hydroxylation is 1. The summed E-state index contributed by atoms with van der Waals surface area (Å²) in [5.41, 5.74) is 5.31. The lowest BCUT2D eigenvalue weighted by molar-refractivity contribution is 0.768. The van der Waals surface area contributed by atoms with Crippen molar-refractivity contribution >= 4 is 34.2 Å². The first kappa shape index (κ1) is 17.8. The zero-order valence-corrected chi connectivity index (χ0v) is 16.8. The molecular formula is C21H14Cl2N6. The van der Waals surface area contributed by atoms with Crippen LogP contribution in [0.2, 0.25) is 10.2 Å². The summed E-state index contributed by atoms with van der Waals surface area (Å²) in [6.07, 6.45) is 7.24. The van der Waals surface area contributed by atoms with Crippen LogP contribution in [0.25, 0.3) is 39.2 Å². The number of aromatic nitrogens is 6. The van der Waals surface area contributed by atoms with E-state index < -0.39 is 0 Å². The van der Waals surface area contributed by atoms with E-state index in [1.165, 1.54) is 0 Å². The van der Waals surface area contributed by atoms with Gasteiger partial charge in [-0.25, -0.2) is 9.97 Å². The average molecular weight is 421 g/mol. The minimum Gasteiger partial charge on any atom is -0.283 e. The quantitative estimate of drug-likeness (QED) is 0.376. The Morgan fingerprint density at radius 3 is 2.62 bits per heavy atom. The molecule has 0 aliphatic heterocycles. The third-order valence-electron chi connectivity index (χ3n) is 4.64. The molecule has 142 valence electrons. The zero-order chi connectivity index (χ0) is 20.0. The molecule has 0 fully saturated rings. The monoisotopic (exact) mass is 420 g/mol. The predicted molar refractivity (Wildman–Crippen MR) is 114 cm³/mol. The first-order valence-electron chi connectivity index (χ1n) is 8.83. The minimum atomic E-state index is 0.355. The fraction of sp³-hybridized carbons (Fsp3) is 0.0476. The SMILES string of the molecule is Cn1cc(-c2ccc3c(c2)ncn3-c2cc(-c3ncccc3Cl)cc(Cl)n2)cn1. The van der Waals surface area contributed by atoms with E-state index in [4.69, 9.17) is 23.2 Å². The standard InChI is InChI=1S/C21H14Cl2N6/c1-28-11-15(10-26-28)13-4-5-18-17(7-13)25-12-29(18)20-9-14(8-19(23)27-20)21-16(22)3-2-6-24-21/h2-12H,1H3. The number of fused-ring (bicyclic) bond motifs is 1. The van der Waals surface area contributed by atoms with Gasteiger partial charge >= 0.3 is 0 Å². The molecule has 0 radical (unpaired) electrons. The lowest BCUT2D eigenvalue weighted by Crippen LogP contribution is -1.98. The molecule has 0 aliphatic rings. The van der Waals surface area contributed by atoms with E-state index in [9.17, 15) is 0 Å². The fourth-order valence-electron chi connectivity index (χ4n) is 3.29. The Morgan fingerprint density at radius 2 is 1.83 bits per heavy atom. The second-order valence-corrected chi connectivity index (χ2v) is 7.39. The lowest BCUT2D eigenvalue weighted by Gasteiger charge is -2.09. The van der Waals surface area contributed by atoms with Gasteiger partial charge in [-0.2, -0.15) is 5.10 Å². The Balaban J connectivity index is 1.62. The Hall–Kier alpha value is -3.22. The van der Waals surface area contributed by atoms with E-state index in [1.54, 1.807) is 35.4 Å². The summed E-state index contributed by atoms with van der Waals surface area (Å²) in [4.78, 5) is 13.4. The fourth-order valence-corrected chi connectivity index (χ4v) is 3.72. The Labute approximate surface area is 176 Å². The highest BCUT2D eigenvalue weighted by Gasteiger charge is 2.12. The van der Waals surface area contributed by atoms with E-state index >= 15 is 0 Å². The summed E-state index contributed by atoms with van der Waals surface area (Å²) in [6, 6.07) is 13.3. The Bertz CT molecular complexity index is 1350. The highest BCUT2D eigenvalue weighted by molar-refractivity contribution is 6.33. The van der Waals surface area contributed by atoms with Crippen LogP contribution >= 0.6 is 23.2 Å². The van der Waals surface area contributed by atoms with Crippen LogP contribution < -0.4 is 0 Å². The maximum absolute atomic E-state index is 6.31. The highest BCUT2D eigenvalue weighted by Crippen LogP contribution is 2.30. The minimum absolute atomic E-state index is 0.355. The molecule has 8 heteroatoms. The van der Waals surface area contributed by atoms with Crippen molar-refractivity contribution in [2.75, 3.05) is 0 Å². The van der Waals surface area contributed by atoms with Crippen LogP contribution in [0.5, 0.6) is 0 Å². The van der Waals surface area contributed by atoms with Crippen LogP contribution in [0.3, 0.4) is 0 Å². The molecule has 0 aliphatic carbocycles. The second-order valence-electron chi connectivity index (χ2n) is 6.59. The average Bonchev–Trinajstić information content (AvgIpc) is 3.33. The number of halogens is 2. The first-order valence-corrected chi connectivity index (χ1v) is 9.59. The maximum Gasteiger partial charge on any atom is 0.140 e. The Kier molecular flexibility index (Phi) is 4.30. The molecule has 0 amide bonds. The van der Waals surface area contributed by atoms with Crippen molar-refractivity contribution in [3.63, 3.8) is 0 Å². The van der Waals surface area contributed by atoms with E-state index in [0.717, 1.165) is 27.7 Å². The van der Waals surface area contributed by atoms with Crippen LogP contribution in [0.15, 0.2) is 67.4 Å². The first-order chi connectivity index (χ1) is 14.1. The van der Waals surface area contributed by atoms with Gasteiger partial charge in [0.25, 0.3) is 0 Å². The van der Waals surface area contributed by atoms with Gasteiger partial charge in [0.1, 0.15) is 17.3 Å². The lowest BCUT2D eigenvalue weighted by atomic mass is 10.1. The van der Waals surface area contributed by atoms with Crippen LogP contribution in [0.1, 0.15) is 0 Å². The van der Waals surface area contributed by atoms with Gasteiger partial charge in [-0.15, -0.1) is 0 Å². The molecule has 4 aromatic heterocycles. The zero-order valence-electron chi connectivity index (χ0n) is 15.3. The van der Waals surface area contributed by atoms with Gasteiger partial charge in [-0.1, -0.05) is 29.3 Å². The van der Waals surface area contributed by atoms with Gasteiger partial charge in [0.2, 0.25) is 0 Å². The molecule has 0 saturated carbocycles. The van der Waals surface area contributed by atoms with Crippen LogP contribution in [0, 0.1) is 0 Å². The van der Waals surface area contributed by atoms with Crippen molar-refractivity contribution in [1.82, 2.24) is 29.3 Å². The normalized spacial score (nSPS) is 11.3. The number of benzene rings is 1. The molecule has 0 bridgehead atoms. The number of pyridine rings is 2. The van der Waals surface area contributed by atoms with E-state index in [1.807, 2.05) is 48.3 Å². The maximum atomic E-state index is 6.31. The molecular weight excluding hydrogens is 407 g/mol. The summed E-state index contributed by atoms with van der Waals surface area (Å²) in [7, 11) is 1.90. The van der Waals surface area contributed by atoms with E-state index in [-0.39, 0.29) is 0 Å². The highest BCUT2D eigenvalue weighted by atomic mass is 35.5. The Morgan fingerprint density at radius 1 is 0.931 bits per heavy atom. The molecule has 0 N–H and O–H groups in total. The third kappa shape index (κ3) is 3.26. The van der Waals surface area contributed by atoms with Gasteiger partial charge in [0, 0.05) is 30.6 Å². The third-order valence-corrected chi connectivity index (χ3v) is 5.14. The number of rotatable bonds is 3. The van der Waals surface area contributed by atoms with Gasteiger partial charge in [0.15, 0.2) is 0 Å². The predicted octanol–water partition coefficient (Wildman–Crippen LogP) is 5.19. The molecule has 4 heterocycles. The van der Waals surface area contributed by atoms with Gasteiger partial charge < -0.3 is 0 Å². The molecule has 29 heavy (non-hydrogen) atoms. The van der Waals surface area contributed by atoms with Crippen molar-refractivity contribution in [2.24, 2.45) is 7.05 Å². The van der Waals surface area contributed by atoms with Crippen molar-refractivity contribution < 1.29 is 0 Å². The second kappa shape index (κ2) is 6.99. The van der Waals surface area contributed by atoms with E-state index in [2.05, 4.69) is 20.1 Å². The molecule has 0 spiro atoms. The molecule has 0 unspecified atom stereocenters. The summed E-state index contributed by atoms with van der Waals surface area (Å²) >= 11 is 12.6. The smallest absolute Gasteiger partial charge is 0.140 e. The molecule has 0 atom stereocenters. The number of hydrogen-bond acceptors (Lipinski definition) is 4. The van der Waals surface area contributed by atoms with Crippen LogP contribution in [0.4, 0.5) is 0 Å². The van der Waals surface area contributed by atoms with Crippen molar-refractivity contribution in [3.05, 3.63) is 77.6 Å². The summed E-state index contributed by atoms with van der Waals surface area (Å²) in [6.45, 7) is 0. The largest absolute Gasteiger partial charge is 0.283 e. The summed E-state index contributed by atoms with van der Waals surface area (Å²) in [5.74, 6) is 0.644. The van der Waals surface area contributed by atoms with Crippen molar-refractivity contribution in [3.8, 4) is 28.2 Å². The van der Waals surface area contributed by atoms with Crippen molar-refractivity contribution in [1.29, 1.82) is 0 Å². The van der Waals surface area contributed by atoms with Crippen LogP contribution in [-0.2, 0) is 7.05 Å². The number of hydrogen-bond donors (Lipinski definition) is 0. The van der Waals surface area contributed by atoms with Gasteiger partial charge in [0.05, 0.1) is 27.9 Å². The molecule has 5 aromatic rings. The van der Waals surface area contributed by atoms with Gasteiger partial charge in [-0.05, 0) is 42.0 Å². The molecule has 5 rings (SSSR count). The summed E-state index contributed by atoms with van der Waals surface area (Å²) in [5, 5.41) is 5.14. The van der Waals surface area contributed by atoms with Gasteiger partial charge in [-0.3, -0.25) is 14.2 Å². The van der Waals surface area contributed by atoms with E-state index in [0.29, 0.717) is 21.7 Å². The molecule has 1 aromatic carbocycles. The molecule has 6 nitrogen and oxygen atoms in total.